The number of rotatable bonds is 5. The van der Waals surface area contributed by atoms with Crippen LogP contribution in [0.3, 0.4) is 0 Å². The van der Waals surface area contributed by atoms with Gasteiger partial charge in [0.2, 0.25) is 0 Å². The average molecular weight is 258 g/mol. The fourth-order valence-electron chi connectivity index (χ4n) is 2.58. The normalized spacial score (nSPS) is 10.7. The predicted octanol–water partition coefficient (Wildman–Crippen LogP) is 4.51. The van der Waals surface area contributed by atoms with Crippen LogP contribution in [0.15, 0.2) is 24.3 Å². The Balaban J connectivity index is 2.71. The van der Waals surface area contributed by atoms with Crippen molar-refractivity contribution in [1.29, 1.82) is 0 Å². The third-order valence-corrected chi connectivity index (χ3v) is 3.50. The summed E-state index contributed by atoms with van der Waals surface area (Å²) >= 11 is 0. The van der Waals surface area contributed by atoms with Crippen molar-refractivity contribution in [3.63, 3.8) is 0 Å². The summed E-state index contributed by atoms with van der Waals surface area (Å²) in [5.74, 6) is 1.85. The van der Waals surface area contributed by atoms with E-state index in [-0.39, 0.29) is 0 Å². The van der Waals surface area contributed by atoms with Gasteiger partial charge >= 0.3 is 0 Å². The maximum atomic E-state index is 5.53. The van der Waals surface area contributed by atoms with Crippen LogP contribution in [0.2, 0.25) is 0 Å². The molecular weight excluding hydrogens is 236 g/mol. The molecule has 0 amide bonds. The summed E-state index contributed by atoms with van der Waals surface area (Å²) in [6.07, 6.45) is 3.47. The number of fused-ring (bicyclic) bond motifs is 1. The number of methoxy groups -OCH3 is 2. The van der Waals surface area contributed by atoms with Gasteiger partial charge in [-0.3, -0.25) is 0 Å². The number of aryl methyl sites for hydroxylation is 2. The molecule has 0 saturated heterocycles. The molecule has 0 fully saturated rings. The van der Waals surface area contributed by atoms with Crippen LogP contribution in [-0.2, 0) is 6.42 Å². The molecule has 0 aliphatic rings. The van der Waals surface area contributed by atoms with Crippen molar-refractivity contribution in [2.45, 2.75) is 33.1 Å². The highest BCUT2D eigenvalue weighted by atomic mass is 16.5. The molecule has 0 spiro atoms. The van der Waals surface area contributed by atoms with Gasteiger partial charge in [-0.1, -0.05) is 25.0 Å². The summed E-state index contributed by atoms with van der Waals surface area (Å²) < 4.78 is 11.0. The largest absolute Gasteiger partial charge is 0.496 e. The summed E-state index contributed by atoms with van der Waals surface area (Å²) in [6, 6.07) is 8.40. The van der Waals surface area contributed by atoms with E-state index >= 15 is 0 Å². The standard InChI is InChI=1S/C17H22O2/c1-5-6-7-13-10-12(2)11-14-15(18-3)8-9-16(19-4)17(13)14/h8-11H,5-7H2,1-4H3. The number of hydrogen-bond donors (Lipinski definition) is 0. The highest BCUT2D eigenvalue weighted by Gasteiger charge is 2.12. The molecule has 2 nitrogen and oxygen atoms in total. The van der Waals surface area contributed by atoms with Gasteiger partial charge in [-0.05, 0) is 43.5 Å². The maximum Gasteiger partial charge on any atom is 0.127 e. The molecule has 0 saturated carbocycles. The van der Waals surface area contributed by atoms with Gasteiger partial charge in [-0.15, -0.1) is 0 Å². The Morgan fingerprint density at radius 3 is 2.32 bits per heavy atom. The van der Waals surface area contributed by atoms with E-state index in [9.17, 15) is 0 Å². The third kappa shape index (κ3) is 2.67. The predicted molar refractivity (Wildman–Crippen MR) is 80.4 cm³/mol. The summed E-state index contributed by atoms with van der Waals surface area (Å²) in [7, 11) is 3.44. The molecule has 2 heteroatoms. The molecule has 0 bridgehead atoms. The first kappa shape index (κ1) is 13.7. The molecule has 0 N–H and O–H groups in total. The van der Waals surface area contributed by atoms with E-state index < -0.39 is 0 Å². The average Bonchev–Trinajstić information content (AvgIpc) is 2.43. The molecule has 102 valence electrons. The van der Waals surface area contributed by atoms with Crippen molar-refractivity contribution in [2.24, 2.45) is 0 Å². The van der Waals surface area contributed by atoms with E-state index in [0.717, 1.165) is 23.3 Å². The molecule has 0 aliphatic carbocycles. The lowest BCUT2D eigenvalue weighted by molar-refractivity contribution is 0.410. The van der Waals surface area contributed by atoms with Gasteiger partial charge < -0.3 is 9.47 Å². The Kier molecular flexibility index (Phi) is 4.31. The van der Waals surface area contributed by atoms with Crippen LogP contribution in [0, 0.1) is 6.92 Å². The van der Waals surface area contributed by atoms with E-state index in [1.807, 2.05) is 12.1 Å². The second-order valence-corrected chi connectivity index (χ2v) is 4.92. The minimum absolute atomic E-state index is 0.914. The van der Waals surface area contributed by atoms with Crippen LogP contribution in [0.5, 0.6) is 11.5 Å². The van der Waals surface area contributed by atoms with Gasteiger partial charge in [-0.25, -0.2) is 0 Å². The molecule has 19 heavy (non-hydrogen) atoms. The Hall–Kier alpha value is -1.70. The lowest BCUT2D eigenvalue weighted by Gasteiger charge is -2.14. The first-order chi connectivity index (χ1) is 9.21. The SMILES string of the molecule is CCCCc1cc(C)cc2c(OC)ccc(OC)c12. The topological polar surface area (TPSA) is 18.5 Å². The summed E-state index contributed by atoms with van der Waals surface area (Å²) in [5, 5.41) is 2.34. The van der Waals surface area contributed by atoms with Gasteiger partial charge in [0.25, 0.3) is 0 Å². The molecule has 0 radical (unpaired) electrons. The minimum atomic E-state index is 0.914. The first-order valence-electron chi connectivity index (χ1n) is 6.85. The smallest absolute Gasteiger partial charge is 0.127 e. The molecule has 2 aromatic carbocycles. The van der Waals surface area contributed by atoms with Crippen LogP contribution in [0.1, 0.15) is 30.9 Å². The van der Waals surface area contributed by atoms with Crippen molar-refractivity contribution in [3.8, 4) is 11.5 Å². The van der Waals surface area contributed by atoms with E-state index in [2.05, 4.69) is 26.0 Å². The zero-order valence-corrected chi connectivity index (χ0v) is 12.2. The van der Waals surface area contributed by atoms with Crippen LogP contribution in [-0.4, -0.2) is 14.2 Å². The molecule has 2 rings (SSSR count). The van der Waals surface area contributed by atoms with Gasteiger partial charge in [0.1, 0.15) is 11.5 Å². The van der Waals surface area contributed by atoms with Crippen molar-refractivity contribution in [1.82, 2.24) is 0 Å². The van der Waals surface area contributed by atoms with Gasteiger partial charge in [0, 0.05) is 10.8 Å². The fraction of sp³-hybridized carbons (Fsp3) is 0.412. The van der Waals surface area contributed by atoms with Gasteiger partial charge in [0.05, 0.1) is 14.2 Å². The van der Waals surface area contributed by atoms with Crippen molar-refractivity contribution in [3.05, 3.63) is 35.4 Å². The number of hydrogen-bond acceptors (Lipinski definition) is 2. The maximum absolute atomic E-state index is 5.53. The van der Waals surface area contributed by atoms with Crippen LogP contribution >= 0.6 is 0 Å². The third-order valence-electron chi connectivity index (χ3n) is 3.50. The monoisotopic (exact) mass is 258 g/mol. The van der Waals surface area contributed by atoms with E-state index in [0.29, 0.717) is 0 Å². The minimum Gasteiger partial charge on any atom is -0.496 e. The number of benzene rings is 2. The Bertz CT molecular complexity index is 573. The zero-order chi connectivity index (χ0) is 13.8. The summed E-state index contributed by atoms with van der Waals surface area (Å²) in [6.45, 7) is 4.35. The van der Waals surface area contributed by atoms with Crippen molar-refractivity contribution >= 4 is 10.8 Å². The summed E-state index contributed by atoms with van der Waals surface area (Å²) in [4.78, 5) is 0. The second kappa shape index (κ2) is 5.96. The second-order valence-electron chi connectivity index (χ2n) is 4.92. The molecule has 0 heterocycles. The van der Waals surface area contributed by atoms with Crippen LogP contribution < -0.4 is 9.47 Å². The van der Waals surface area contributed by atoms with Crippen LogP contribution in [0.4, 0.5) is 0 Å². The fourth-order valence-corrected chi connectivity index (χ4v) is 2.58. The Labute approximate surface area is 115 Å². The highest BCUT2D eigenvalue weighted by Crippen LogP contribution is 2.36. The molecular formula is C17H22O2. The lowest BCUT2D eigenvalue weighted by atomic mass is 9.96. The molecule has 0 unspecified atom stereocenters. The lowest BCUT2D eigenvalue weighted by Crippen LogP contribution is -1.95. The van der Waals surface area contributed by atoms with Gasteiger partial charge in [-0.2, -0.15) is 0 Å². The Morgan fingerprint density at radius 2 is 1.68 bits per heavy atom. The molecule has 0 atom stereocenters. The molecule has 0 aliphatic heterocycles. The number of unbranched alkanes of at least 4 members (excludes halogenated alkanes) is 1. The highest BCUT2D eigenvalue weighted by molar-refractivity contribution is 5.96. The number of ether oxygens (including phenoxy) is 2. The van der Waals surface area contributed by atoms with Gasteiger partial charge in [0.15, 0.2) is 0 Å². The quantitative estimate of drug-likeness (QED) is 0.785. The van der Waals surface area contributed by atoms with E-state index in [1.165, 1.54) is 29.4 Å². The summed E-state index contributed by atoms with van der Waals surface area (Å²) in [5.41, 5.74) is 2.62. The van der Waals surface area contributed by atoms with Crippen molar-refractivity contribution < 1.29 is 9.47 Å². The molecule has 0 aromatic heterocycles. The van der Waals surface area contributed by atoms with Crippen LogP contribution in [0.25, 0.3) is 10.8 Å². The Morgan fingerprint density at radius 1 is 1.00 bits per heavy atom. The zero-order valence-electron chi connectivity index (χ0n) is 12.2. The van der Waals surface area contributed by atoms with E-state index in [4.69, 9.17) is 9.47 Å². The van der Waals surface area contributed by atoms with Crippen molar-refractivity contribution in [2.75, 3.05) is 14.2 Å². The van der Waals surface area contributed by atoms with E-state index in [1.54, 1.807) is 14.2 Å². The molecule has 2 aromatic rings. The first-order valence-corrected chi connectivity index (χ1v) is 6.85.